The minimum Gasteiger partial charge on any atom is -0.493 e. The van der Waals surface area contributed by atoms with Crippen molar-refractivity contribution >= 4 is 12.0 Å². The van der Waals surface area contributed by atoms with E-state index in [1.165, 1.54) is 6.42 Å². The van der Waals surface area contributed by atoms with Crippen molar-refractivity contribution in [3.63, 3.8) is 0 Å². The SMILES string of the molecule is COc1cc(C(=O)N(CC[C@@H]2CCCN2)CC(C)=Cc2ccccc2)cc(OC)c1OC. The molecule has 1 saturated heterocycles. The predicted molar refractivity (Wildman–Crippen MR) is 128 cm³/mol. The van der Waals surface area contributed by atoms with Gasteiger partial charge in [-0.15, -0.1) is 0 Å². The number of rotatable bonds is 10. The molecule has 2 aromatic carbocycles. The highest BCUT2D eigenvalue weighted by atomic mass is 16.5. The van der Waals surface area contributed by atoms with E-state index in [1.807, 2.05) is 23.1 Å². The second kappa shape index (κ2) is 11.6. The van der Waals surface area contributed by atoms with Crippen LogP contribution in [0.1, 0.15) is 42.1 Å². The molecule has 0 aliphatic carbocycles. The number of ether oxygens (including phenoxy) is 3. The van der Waals surface area contributed by atoms with Crippen molar-refractivity contribution in [3.8, 4) is 17.2 Å². The number of amides is 1. The molecular formula is C26H34N2O4. The van der Waals surface area contributed by atoms with E-state index in [0.717, 1.165) is 30.5 Å². The topological polar surface area (TPSA) is 60.0 Å². The van der Waals surface area contributed by atoms with Crippen molar-refractivity contribution in [2.45, 2.75) is 32.2 Å². The highest BCUT2D eigenvalue weighted by Crippen LogP contribution is 2.38. The molecule has 172 valence electrons. The third kappa shape index (κ3) is 6.04. The minimum absolute atomic E-state index is 0.0527. The lowest BCUT2D eigenvalue weighted by molar-refractivity contribution is 0.0764. The normalized spacial score (nSPS) is 16.0. The van der Waals surface area contributed by atoms with Crippen LogP contribution in [0.3, 0.4) is 0 Å². The Morgan fingerprint density at radius 1 is 1.09 bits per heavy atom. The summed E-state index contributed by atoms with van der Waals surface area (Å²) < 4.78 is 16.3. The standard InChI is InChI=1S/C26H34N2O4/c1-19(15-20-9-6-5-7-10-20)18-28(14-12-22-11-8-13-27-22)26(29)21-16-23(30-2)25(32-4)24(17-21)31-3/h5-7,9-10,15-17,22,27H,8,11-14,18H2,1-4H3/t22-/m0/s1. The number of benzene rings is 2. The van der Waals surface area contributed by atoms with E-state index in [-0.39, 0.29) is 5.91 Å². The van der Waals surface area contributed by atoms with Crippen LogP contribution in [-0.4, -0.2) is 57.8 Å². The van der Waals surface area contributed by atoms with Crippen LogP contribution in [0.2, 0.25) is 0 Å². The fraction of sp³-hybridized carbons (Fsp3) is 0.423. The summed E-state index contributed by atoms with van der Waals surface area (Å²) in [5, 5.41) is 3.53. The number of carbonyl (C=O) groups is 1. The Morgan fingerprint density at radius 2 is 1.78 bits per heavy atom. The molecule has 1 N–H and O–H groups in total. The quantitative estimate of drug-likeness (QED) is 0.596. The van der Waals surface area contributed by atoms with Gasteiger partial charge in [-0.25, -0.2) is 0 Å². The average Bonchev–Trinajstić information content (AvgIpc) is 3.34. The van der Waals surface area contributed by atoms with Crippen molar-refractivity contribution < 1.29 is 19.0 Å². The zero-order chi connectivity index (χ0) is 22.9. The largest absolute Gasteiger partial charge is 0.493 e. The molecule has 0 aromatic heterocycles. The zero-order valence-corrected chi connectivity index (χ0v) is 19.5. The number of carbonyl (C=O) groups excluding carboxylic acids is 1. The van der Waals surface area contributed by atoms with Crippen LogP contribution in [0, 0.1) is 0 Å². The Labute approximate surface area is 191 Å². The van der Waals surface area contributed by atoms with Crippen LogP contribution >= 0.6 is 0 Å². The molecule has 0 spiro atoms. The molecule has 2 aromatic rings. The summed E-state index contributed by atoms with van der Waals surface area (Å²) in [5.41, 5.74) is 2.77. The van der Waals surface area contributed by atoms with Gasteiger partial charge in [0.2, 0.25) is 5.75 Å². The highest BCUT2D eigenvalue weighted by molar-refractivity contribution is 5.96. The van der Waals surface area contributed by atoms with Crippen molar-refractivity contribution in [2.24, 2.45) is 0 Å². The molecule has 1 amide bonds. The van der Waals surface area contributed by atoms with Crippen LogP contribution in [0.25, 0.3) is 6.08 Å². The smallest absolute Gasteiger partial charge is 0.254 e. The molecule has 0 unspecified atom stereocenters. The van der Waals surface area contributed by atoms with Gasteiger partial charge in [-0.1, -0.05) is 42.0 Å². The first-order valence-electron chi connectivity index (χ1n) is 11.1. The molecular weight excluding hydrogens is 404 g/mol. The molecule has 6 heteroatoms. The second-order valence-corrected chi connectivity index (χ2v) is 8.12. The monoisotopic (exact) mass is 438 g/mol. The van der Waals surface area contributed by atoms with Gasteiger partial charge < -0.3 is 24.4 Å². The first-order chi connectivity index (χ1) is 15.5. The van der Waals surface area contributed by atoms with Crippen LogP contribution in [0.15, 0.2) is 48.0 Å². The van der Waals surface area contributed by atoms with Crippen LogP contribution in [0.4, 0.5) is 0 Å². The summed E-state index contributed by atoms with van der Waals surface area (Å²) in [6.45, 7) is 4.35. The molecule has 1 heterocycles. The molecule has 0 radical (unpaired) electrons. The lowest BCUT2D eigenvalue weighted by Crippen LogP contribution is -2.36. The molecule has 1 fully saturated rings. The number of nitrogens with one attached hydrogen (secondary N) is 1. The van der Waals surface area contributed by atoms with E-state index in [4.69, 9.17) is 14.2 Å². The van der Waals surface area contributed by atoms with Gasteiger partial charge in [0.1, 0.15) is 0 Å². The fourth-order valence-corrected chi connectivity index (χ4v) is 4.13. The first-order valence-corrected chi connectivity index (χ1v) is 11.1. The lowest BCUT2D eigenvalue weighted by Gasteiger charge is -2.25. The minimum atomic E-state index is -0.0527. The molecule has 6 nitrogen and oxygen atoms in total. The Balaban J connectivity index is 1.86. The van der Waals surface area contributed by atoms with Gasteiger partial charge in [0, 0.05) is 24.7 Å². The number of nitrogens with zero attached hydrogens (tertiary/aromatic N) is 1. The van der Waals surface area contributed by atoms with Gasteiger partial charge in [0.25, 0.3) is 5.91 Å². The van der Waals surface area contributed by atoms with Crippen LogP contribution in [-0.2, 0) is 0 Å². The lowest BCUT2D eigenvalue weighted by atomic mass is 10.1. The summed E-state index contributed by atoms with van der Waals surface area (Å²) in [7, 11) is 4.67. The predicted octanol–water partition coefficient (Wildman–Crippen LogP) is 4.40. The van der Waals surface area contributed by atoms with Crippen molar-refractivity contribution in [1.82, 2.24) is 10.2 Å². The summed E-state index contributed by atoms with van der Waals surface area (Å²) in [4.78, 5) is 15.5. The van der Waals surface area contributed by atoms with Crippen molar-refractivity contribution in [3.05, 3.63) is 59.2 Å². The third-order valence-corrected chi connectivity index (χ3v) is 5.76. The van der Waals surface area contributed by atoms with Gasteiger partial charge in [0.05, 0.1) is 21.3 Å². The molecule has 0 saturated carbocycles. The molecule has 1 atom stereocenters. The molecule has 1 aliphatic rings. The molecule has 3 rings (SSSR count). The highest BCUT2D eigenvalue weighted by Gasteiger charge is 2.23. The zero-order valence-electron chi connectivity index (χ0n) is 19.5. The summed E-state index contributed by atoms with van der Waals surface area (Å²) in [5.74, 6) is 1.38. The Hall–Kier alpha value is -2.99. The summed E-state index contributed by atoms with van der Waals surface area (Å²) in [6, 6.07) is 14.1. The van der Waals surface area contributed by atoms with E-state index in [1.54, 1.807) is 33.5 Å². The van der Waals surface area contributed by atoms with Gasteiger partial charge in [-0.2, -0.15) is 0 Å². The fourth-order valence-electron chi connectivity index (χ4n) is 4.13. The molecule has 32 heavy (non-hydrogen) atoms. The van der Waals surface area contributed by atoms with Crippen molar-refractivity contribution in [2.75, 3.05) is 41.0 Å². The number of hydrogen-bond acceptors (Lipinski definition) is 5. The summed E-state index contributed by atoms with van der Waals surface area (Å²) in [6.07, 6.45) is 5.40. The van der Waals surface area contributed by atoms with Gasteiger partial charge in [-0.3, -0.25) is 4.79 Å². The maximum absolute atomic E-state index is 13.6. The van der Waals surface area contributed by atoms with Crippen molar-refractivity contribution in [1.29, 1.82) is 0 Å². The van der Waals surface area contributed by atoms with Gasteiger partial charge >= 0.3 is 0 Å². The first kappa shape index (κ1) is 23.7. The van der Waals surface area contributed by atoms with E-state index in [0.29, 0.717) is 41.9 Å². The summed E-state index contributed by atoms with van der Waals surface area (Å²) >= 11 is 0. The molecule has 0 bridgehead atoms. The van der Waals surface area contributed by atoms with Crippen LogP contribution < -0.4 is 19.5 Å². The third-order valence-electron chi connectivity index (χ3n) is 5.76. The number of methoxy groups -OCH3 is 3. The second-order valence-electron chi connectivity index (χ2n) is 8.12. The Kier molecular flexibility index (Phi) is 8.56. The molecule has 1 aliphatic heterocycles. The maximum atomic E-state index is 13.6. The van der Waals surface area contributed by atoms with Gasteiger partial charge in [-0.05, 0) is 50.4 Å². The van der Waals surface area contributed by atoms with Gasteiger partial charge in [0.15, 0.2) is 11.5 Å². The Morgan fingerprint density at radius 3 is 2.34 bits per heavy atom. The van der Waals surface area contributed by atoms with E-state index in [2.05, 4.69) is 30.4 Å². The van der Waals surface area contributed by atoms with E-state index < -0.39 is 0 Å². The van der Waals surface area contributed by atoms with E-state index >= 15 is 0 Å². The maximum Gasteiger partial charge on any atom is 0.254 e. The van der Waals surface area contributed by atoms with Crippen LogP contribution in [0.5, 0.6) is 17.2 Å². The number of hydrogen-bond donors (Lipinski definition) is 1. The average molecular weight is 439 g/mol. The van der Waals surface area contributed by atoms with E-state index in [9.17, 15) is 4.79 Å². The Bertz CT molecular complexity index is 896.